The summed E-state index contributed by atoms with van der Waals surface area (Å²) < 4.78 is 0. The molecule has 2 amide bonds. The van der Waals surface area contributed by atoms with Crippen LogP contribution in [0.1, 0.15) is 17.2 Å². The Morgan fingerprint density at radius 3 is 2.30 bits per heavy atom. The molecule has 2 aliphatic rings. The van der Waals surface area contributed by atoms with Gasteiger partial charge in [0, 0.05) is 5.02 Å². The molecular formula is C24H19ClN2O3. The molecule has 3 aromatic rings. The lowest BCUT2D eigenvalue weighted by Gasteiger charge is -2.28. The fourth-order valence-electron chi connectivity index (χ4n) is 4.26. The summed E-state index contributed by atoms with van der Waals surface area (Å²) in [7, 11) is 0. The minimum atomic E-state index is -0.887. The van der Waals surface area contributed by atoms with E-state index in [2.05, 4.69) is 0 Å². The van der Waals surface area contributed by atoms with Gasteiger partial charge in [-0.15, -0.1) is 0 Å². The molecule has 3 atom stereocenters. The summed E-state index contributed by atoms with van der Waals surface area (Å²) in [4.78, 5) is 34.2. The number of benzene rings is 3. The van der Waals surface area contributed by atoms with E-state index in [1.54, 1.807) is 17.2 Å². The molecule has 0 N–H and O–H groups in total. The normalized spacial score (nSPS) is 23.2. The smallest absolute Gasteiger partial charge is 0.266 e. The van der Waals surface area contributed by atoms with Crippen LogP contribution in [-0.4, -0.2) is 17.9 Å². The molecule has 0 bridgehead atoms. The number of fused-ring (bicyclic) bond motifs is 1. The quantitative estimate of drug-likeness (QED) is 0.578. The molecule has 5 nitrogen and oxygen atoms in total. The van der Waals surface area contributed by atoms with E-state index in [4.69, 9.17) is 16.4 Å². The molecule has 0 unspecified atom stereocenters. The predicted molar refractivity (Wildman–Crippen MR) is 115 cm³/mol. The standard InChI is InChI=1S/C24H19ClN2O3/c1-15-7-5-12-19(13-15)26-23(28)20-21(16-8-6-9-17(25)14-16)27(30-22(20)24(26)29)18-10-3-2-4-11-18/h2-14,20-22H,1H3/t20-,21-,22-/m0/s1. The molecule has 2 saturated heterocycles. The van der Waals surface area contributed by atoms with Gasteiger partial charge >= 0.3 is 0 Å². The molecule has 0 aromatic heterocycles. The highest BCUT2D eigenvalue weighted by Gasteiger charge is 2.60. The van der Waals surface area contributed by atoms with E-state index < -0.39 is 18.1 Å². The summed E-state index contributed by atoms with van der Waals surface area (Å²) in [5.74, 6) is -1.28. The highest BCUT2D eigenvalue weighted by Crippen LogP contribution is 2.47. The number of halogens is 1. The molecule has 30 heavy (non-hydrogen) atoms. The minimum Gasteiger partial charge on any atom is -0.273 e. The first-order valence-electron chi connectivity index (χ1n) is 9.75. The molecule has 2 heterocycles. The maximum absolute atomic E-state index is 13.5. The number of imide groups is 1. The van der Waals surface area contributed by atoms with E-state index in [1.165, 1.54) is 4.90 Å². The molecule has 2 aliphatic heterocycles. The Labute approximate surface area is 179 Å². The average molecular weight is 419 g/mol. The molecule has 3 aromatic carbocycles. The van der Waals surface area contributed by atoms with E-state index in [0.29, 0.717) is 10.7 Å². The zero-order valence-corrected chi connectivity index (χ0v) is 17.0. The Balaban J connectivity index is 1.60. The summed E-state index contributed by atoms with van der Waals surface area (Å²) in [5, 5.41) is 2.24. The van der Waals surface area contributed by atoms with Crippen molar-refractivity contribution in [2.75, 3.05) is 9.96 Å². The molecule has 6 heteroatoms. The topological polar surface area (TPSA) is 49.9 Å². The summed E-state index contributed by atoms with van der Waals surface area (Å²) in [5.41, 5.74) is 3.15. The molecule has 0 radical (unpaired) electrons. The lowest BCUT2D eigenvalue weighted by molar-refractivity contribution is -0.126. The number of carbonyl (C=O) groups excluding carboxylic acids is 2. The van der Waals surface area contributed by atoms with Gasteiger partial charge < -0.3 is 0 Å². The molecule has 0 spiro atoms. The molecule has 0 aliphatic carbocycles. The van der Waals surface area contributed by atoms with Crippen molar-refractivity contribution in [2.45, 2.75) is 19.1 Å². The second-order valence-electron chi connectivity index (χ2n) is 7.56. The van der Waals surface area contributed by atoms with Gasteiger partial charge in [0.2, 0.25) is 5.91 Å². The van der Waals surface area contributed by atoms with Crippen LogP contribution in [0.2, 0.25) is 5.02 Å². The summed E-state index contributed by atoms with van der Waals surface area (Å²) >= 11 is 6.25. The van der Waals surface area contributed by atoms with Crippen molar-refractivity contribution in [2.24, 2.45) is 5.92 Å². The molecule has 0 saturated carbocycles. The van der Waals surface area contributed by atoms with E-state index in [1.807, 2.05) is 73.7 Å². The SMILES string of the molecule is Cc1cccc(N2C(=O)[C@@H]3[C@H](ON(c4ccccc4)[C@H]3c3cccc(Cl)c3)C2=O)c1. The second kappa shape index (κ2) is 7.27. The lowest BCUT2D eigenvalue weighted by Crippen LogP contribution is -2.37. The van der Waals surface area contributed by atoms with Crippen LogP contribution in [0, 0.1) is 12.8 Å². The van der Waals surface area contributed by atoms with Crippen LogP contribution in [0.4, 0.5) is 11.4 Å². The maximum Gasteiger partial charge on any atom is 0.266 e. The third kappa shape index (κ3) is 2.98. The van der Waals surface area contributed by atoms with Gasteiger partial charge in [0.15, 0.2) is 6.10 Å². The van der Waals surface area contributed by atoms with Crippen molar-refractivity contribution >= 4 is 34.8 Å². The Morgan fingerprint density at radius 1 is 0.833 bits per heavy atom. The number of anilines is 2. The number of para-hydroxylation sites is 1. The van der Waals surface area contributed by atoms with Gasteiger partial charge in [-0.2, -0.15) is 0 Å². The van der Waals surface area contributed by atoms with Crippen LogP contribution < -0.4 is 9.96 Å². The predicted octanol–water partition coefficient (Wildman–Crippen LogP) is 4.70. The van der Waals surface area contributed by atoms with Gasteiger partial charge in [0.25, 0.3) is 5.91 Å². The average Bonchev–Trinajstić information content (AvgIpc) is 3.25. The van der Waals surface area contributed by atoms with Crippen LogP contribution in [0.25, 0.3) is 0 Å². The Hall–Kier alpha value is -3.15. The van der Waals surface area contributed by atoms with Crippen molar-refractivity contribution in [3.8, 4) is 0 Å². The Kier molecular flexibility index (Phi) is 4.57. The van der Waals surface area contributed by atoms with Crippen LogP contribution >= 0.6 is 11.6 Å². The largest absolute Gasteiger partial charge is 0.273 e. The highest BCUT2D eigenvalue weighted by atomic mass is 35.5. The number of hydrogen-bond acceptors (Lipinski definition) is 4. The zero-order chi connectivity index (χ0) is 20.8. The van der Waals surface area contributed by atoms with Crippen molar-refractivity contribution in [3.63, 3.8) is 0 Å². The molecule has 2 fully saturated rings. The van der Waals surface area contributed by atoms with E-state index in [0.717, 1.165) is 16.8 Å². The first kappa shape index (κ1) is 18.9. The fourth-order valence-corrected chi connectivity index (χ4v) is 4.46. The molecular weight excluding hydrogens is 400 g/mol. The van der Waals surface area contributed by atoms with Gasteiger partial charge in [0.05, 0.1) is 17.4 Å². The number of hydroxylamine groups is 1. The highest BCUT2D eigenvalue weighted by molar-refractivity contribution is 6.30. The minimum absolute atomic E-state index is 0.265. The number of nitrogens with zero attached hydrogens (tertiary/aromatic N) is 2. The first-order chi connectivity index (χ1) is 14.5. The summed E-state index contributed by atoms with van der Waals surface area (Å²) in [6.45, 7) is 1.93. The van der Waals surface area contributed by atoms with Gasteiger partial charge in [-0.25, -0.2) is 9.96 Å². The summed E-state index contributed by atoms with van der Waals surface area (Å²) in [6, 6.07) is 23.7. The van der Waals surface area contributed by atoms with Crippen molar-refractivity contribution in [1.29, 1.82) is 0 Å². The van der Waals surface area contributed by atoms with E-state index in [-0.39, 0.29) is 11.8 Å². The number of carbonyl (C=O) groups is 2. The van der Waals surface area contributed by atoms with Crippen LogP contribution in [0.5, 0.6) is 0 Å². The van der Waals surface area contributed by atoms with Crippen molar-refractivity contribution in [3.05, 3.63) is 95.0 Å². The number of hydrogen-bond donors (Lipinski definition) is 0. The Morgan fingerprint density at radius 2 is 1.57 bits per heavy atom. The number of amides is 2. The van der Waals surface area contributed by atoms with Crippen LogP contribution in [0.15, 0.2) is 78.9 Å². The van der Waals surface area contributed by atoms with E-state index in [9.17, 15) is 9.59 Å². The van der Waals surface area contributed by atoms with Gasteiger partial charge in [0.1, 0.15) is 5.92 Å². The van der Waals surface area contributed by atoms with Gasteiger partial charge in [-0.05, 0) is 54.4 Å². The number of rotatable bonds is 3. The zero-order valence-electron chi connectivity index (χ0n) is 16.2. The monoisotopic (exact) mass is 418 g/mol. The van der Waals surface area contributed by atoms with Crippen LogP contribution in [-0.2, 0) is 14.4 Å². The van der Waals surface area contributed by atoms with Crippen LogP contribution in [0.3, 0.4) is 0 Å². The van der Waals surface area contributed by atoms with Crippen molar-refractivity contribution in [1.82, 2.24) is 0 Å². The van der Waals surface area contributed by atoms with Gasteiger partial charge in [-0.1, -0.05) is 54.1 Å². The fraction of sp³-hybridized carbons (Fsp3) is 0.167. The molecule has 5 rings (SSSR count). The van der Waals surface area contributed by atoms with E-state index >= 15 is 0 Å². The van der Waals surface area contributed by atoms with Crippen molar-refractivity contribution < 1.29 is 14.4 Å². The molecule has 150 valence electrons. The number of aryl methyl sites for hydroxylation is 1. The maximum atomic E-state index is 13.5. The first-order valence-corrected chi connectivity index (χ1v) is 10.1. The Bertz CT molecular complexity index is 1130. The lowest BCUT2D eigenvalue weighted by atomic mass is 9.90. The second-order valence-corrected chi connectivity index (χ2v) is 8.00. The third-order valence-electron chi connectivity index (χ3n) is 5.58. The third-order valence-corrected chi connectivity index (χ3v) is 5.81. The summed E-state index contributed by atoms with van der Waals surface area (Å²) in [6.07, 6.45) is -0.887. The van der Waals surface area contributed by atoms with Gasteiger partial charge in [-0.3, -0.25) is 14.4 Å².